The van der Waals surface area contributed by atoms with E-state index in [-0.39, 0.29) is 12.6 Å². The molecule has 0 amide bonds. The standard InChI is InChI=1S/C21H28O4.C8H15N/c1-2-3-4-5-6-7-8-9-13-16-20(22)25-17-19(21(23)24)18-14-11-10-12-15-18;1-9-7-3-2-4-8(9)6-5-7/h10-12,14-15,19H,2-5,8-9,13,16-17H2,1H3,(H,23,24);7-8H,2-6H2,1H3. The summed E-state index contributed by atoms with van der Waals surface area (Å²) in [5.41, 5.74) is 0.640. The molecule has 0 aliphatic carbocycles. The fourth-order valence-corrected chi connectivity index (χ4v) is 4.74. The Morgan fingerprint density at radius 3 is 2.18 bits per heavy atom. The lowest BCUT2D eigenvalue weighted by molar-refractivity contribution is -0.148. The highest BCUT2D eigenvalue weighted by Gasteiger charge is 2.33. The largest absolute Gasteiger partial charge is 0.481 e. The molecule has 1 N–H and O–H groups in total. The second kappa shape index (κ2) is 16.3. The highest BCUT2D eigenvalue weighted by molar-refractivity contribution is 5.77. The minimum atomic E-state index is -0.989. The van der Waals surface area contributed by atoms with Crippen LogP contribution in [0.1, 0.15) is 102 Å². The van der Waals surface area contributed by atoms with E-state index in [1.807, 2.05) is 6.07 Å². The topological polar surface area (TPSA) is 66.8 Å². The number of carbonyl (C=O) groups is 2. The van der Waals surface area contributed by atoms with Crippen molar-refractivity contribution in [2.75, 3.05) is 13.7 Å². The summed E-state index contributed by atoms with van der Waals surface area (Å²) in [6.45, 7) is 2.04. The van der Waals surface area contributed by atoms with E-state index in [0.29, 0.717) is 18.4 Å². The summed E-state index contributed by atoms with van der Waals surface area (Å²) >= 11 is 0. The molecule has 0 aromatic heterocycles. The summed E-state index contributed by atoms with van der Waals surface area (Å²) in [5, 5.41) is 9.28. The first-order chi connectivity index (χ1) is 16.5. The van der Waals surface area contributed by atoms with Gasteiger partial charge in [0.2, 0.25) is 0 Å². The number of unbranched alkanes of at least 4 members (excludes halogenated alkanes) is 5. The normalized spacial score (nSPS) is 19.8. The zero-order valence-electron chi connectivity index (χ0n) is 21.1. The zero-order valence-corrected chi connectivity index (χ0v) is 21.1. The first kappa shape index (κ1) is 27.9. The predicted octanol–water partition coefficient (Wildman–Crippen LogP) is 6.18. The number of fused-ring (bicyclic) bond motifs is 2. The van der Waals surface area contributed by atoms with Crippen molar-refractivity contribution in [1.82, 2.24) is 4.90 Å². The van der Waals surface area contributed by atoms with Gasteiger partial charge in [-0.15, -0.1) is 11.8 Å². The number of carbonyl (C=O) groups excluding carboxylic acids is 1. The quantitative estimate of drug-likeness (QED) is 0.238. The summed E-state index contributed by atoms with van der Waals surface area (Å²) in [4.78, 5) is 25.7. The van der Waals surface area contributed by atoms with Gasteiger partial charge in [-0.1, -0.05) is 56.5 Å². The van der Waals surface area contributed by atoms with E-state index in [1.54, 1.807) is 24.3 Å². The summed E-state index contributed by atoms with van der Waals surface area (Å²) in [6.07, 6.45) is 14.6. The Kier molecular flexibility index (Phi) is 13.4. The first-order valence-electron chi connectivity index (χ1n) is 13.1. The molecule has 34 heavy (non-hydrogen) atoms. The maximum Gasteiger partial charge on any atom is 0.314 e. The van der Waals surface area contributed by atoms with Gasteiger partial charge in [0.1, 0.15) is 12.5 Å². The van der Waals surface area contributed by atoms with Gasteiger partial charge >= 0.3 is 11.9 Å². The predicted molar refractivity (Wildman–Crippen MR) is 137 cm³/mol. The van der Waals surface area contributed by atoms with Crippen LogP contribution in [0.5, 0.6) is 0 Å². The lowest BCUT2D eigenvalue weighted by Crippen LogP contribution is -2.35. The SMILES string of the molecule is CCCCCC#CCCCCC(=O)OCC(C(=O)O)c1ccccc1.CN1C2CCCC1CC2. The summed E-state index contributed by atoms with van der Waals surface area (Å²) in [5.74, 6) is 4.11. The Bertz CT molecular complexity index is 766. The van der Waals surface area contributed by atoms with Crippen LogP contribution < -0.4 is 0 Å². The number of aliphatic carboxylic acids is 1. The van der Waals surface area contributed by atoms with E-state index in [2.05, 4.69) is 30.7 Å². The van der Waals surface area contributed by atoms with Crippen molar-refractivity contribution in [3.8, 4) is 11.8 Å². The van der Waals surface area contributed by atoms with E-state index >= 15 is 0 Å². The molecule has 0 spiro atoms. The molecule has 2 fully saturated rings. The van der Waals surface area contributed by atoms with Crippen LogP contribution in [0.3, 0.4) is 0 Å². The molecule has 3 unspecified atom stereocenters. The van der Waals surface area contributed by atoms with E-state index in [9.17, 15) is 14.7 Å². The first-order valence-corrected chi connectivity index (χ1v) is 13.1. The van der Waals surface area contributed by atoms with Crippen LogP contribution in [0, 0.1) is 11.8 Å². The van der Waals surface area contributed by atoms with Gasteiger partial charge in [0.05, 0.1) is 0 Å². The van der Waals surface area contributed by atoms with Crippen molar-refractivity contribution in [2.24, 2.45) is 0 Å². The van der Waals surface area contributed by atoms with Crippen molar-refractivity contribution in [1.29, 1.82) is 0 Å². The summed E-state index contributed by atoms with van der Waals surface area (Å²) in [7, 11) is 2.29. The molecule has 3 atom stereocenters. The van der Waals surface area contributed by atoms with Crippen molar-refractivity contribution < 1.29 is 19.4 Å². The Morgan fingerprint density at radius 2 is 1.62 bits per heavy atom. The molecule has 2 aliphatic rings. The van der Waals surface area contributed by atoms with E-state index in [0.717, 1.165) is 37.8 Å². The van der Waals surface area contributed by atoms with Crippen LogP contribution in [-0.2, 0) is 14.3 Å². The number of hydrogen-bond donors (Lipinski definition) is 1. The number of benzene rings is 1. The van der Waals surface area contributed by atoms with Crippen LogP contribution in [-0.4, -0.2) is 47.7 Å². The van der Waals surface area contributed by atoms with Gasteiger partial charge in [-0.25, -0.2) is 0 Å². The summed E-state index contributed by atoms with van der Waals surface area (Å²) in [6, 6.07) is 10.7. The highest BCUT2D eigenvalue weighted by atomic mass is 16.5. The lowest BCUT2D eigenvalue weighted by Gasteiger charge is -2.30. The third kappa shape index (κ3) is 10.3. The molecule has 188 valence electrons. The minimum Gasteiger partial charge on any atom is -0.481 e. The number of hydrogen-bond acceptors (Lipinski definition) is 4. The molecule has 2 heterocycles. The Hall–Kier alpha value is -2.32. The number of carboxylic acid groups (broad SMARTS) is 1. The molecule has 2 saturated heterocycles. The van der Waals surface area contributed by atoms with E-state index in [1.165, 1.54) is 44.9 Å². The van der Waals surface area contributed by atoms with Crippen molar-refractivity contribution >= 4 is 11.9 Å². The van der Waals surface area contributed by atoms with Crippen molar-refractivity contribution in [2.45, 2.75) is 108 Å². The molecule has 2 bridgehead atoms. The second-order valence-electron chi connectivity index (χ2n) is 9.48. The smallest absolute Gasteiger partial charge is 0.314 e. The molecule has 2 aliphatic heterocycles. The average Bonchev–Trinajstić information content (AvgIpc) is 3.02. The third-order valence-electron chi connectivity index (χ3n) is 6.93. The highest BCUT2D eigenvalue weighted by Crippen LogP contribution is 2.33. The van der Waals surface area contributed by atoms with E-state index < -0.39 is 11.9 Å². The van der Waals surface area contributed by atoms with Crippen molar-refractivity contribution in [3.63, 3.8) is 0 Å². The number of carboxylic acids is 1. The number of rotatable bonds is 11. The maximum atomic E-state index is 11.8. The fourth-order valence-electron chi connectivity index (χ4n) is 4.74. The zero-order chi connectivity index (χ0) is 24.6. The fraction of sp³-hybridized carbons (Fsp3) is 0.655. The monoisotopic (exact) mass is 469 g/mol. The van der Waals surface area contributed by atoms with Crippen LogP contribution in [0.2, 0.25) is 0 Å². The minimum absolute atomic E-state index is 0.130. The van der Waals surface area contributed by atoms with Crippen molar-refractivity contribution in [3.05, 3.63) is 35.9 Å². The average molecular weight is 470 g/mol. The maximum absolute atomic E-state index is 11.8. The molecule has 5 heteroatoms. The van der Waals surface area contributed by atoms with Gasteiger partial charge in [0.15, 0.2) is 0 Å². The molecule has 3 rings (SSSR count). The number of piperidine rings is 1. The van der Waals surface area contributed by atoms with Gasteiger partial charge in [0.25, 0.3) is 0 Å². The molecule has 0 saturated carbocycles. The number of ether oxygens (including phenoxy) is 1. The number of esters is 1. The second-order valence-corrected chi connectivity index (χ2v) is 9.48. The van der Waals surface area contributed by atoms with E-state index in [4.69, 9.17) is 4.74 Å². The summed E-state index contributed by atoms with van der Waals surface area (Å²) < 4.78 is 5.14. The lowest BCUT2D eigenvalue weighted by atomic mass is 10.0. The molecule has 5 nitrogen and oxygen atoms in total. The molecule has 0 radical (unpaired) electrons. The Labute approximate surface area is 206 Å². The van der Waals surface area contributed by atoms with Crippen LogP contribution in [0.4, 0.5) is 0 Å². The van der Waals surface area contributed by atoms with Crippen LogP contribution in [0.15, 0.2) is 30.3 Å². The third-order valence-corrected chi connectivity index (χ3v) is 6.93. The Morgan fingerprint density at radius 1 is 1.00 bits per heavy atom. The van der Waals surface area contributed by atoms with Gasteiger partial charge in [-0.2, -0.15) is 0 Å². The van der Waals surface area contributed by atoms with Gasteiger partial charge in [-0.05, 0) is 57.6 Å². The van der Waals surface area contributed by atoms with Crippen LogP contribution >= 0.6 is 0 Å². The van der Waals surface area contributed by atoms with Gasteiger partial charge in [0, 0.05) is 31.3 Å². The molecule has 1 aromatic rings. The van der Waals surface area contributed by atoms with Gasteiger partial charge < -0.3 is 14.7 Å². The van der Waals surface area contributed by atoms with Gasteiger partial charge in [-0.3, -0.25) is 9.59 Å². The molecular weight excluding hydrogens is 426 g/mol. The number of nitrogens with zero attached hydrogens (tertiary/aromatic N) is 1. The molecule has 1 aromatic carbocycles. The van der Waals surface area contributed by atoms with Crippen LogP contribution in [0.25, 0.3) is 0 Å². The molecular formula is C29H43NO4. The Balaban J connectivity index is 0.000000371.